The molecule has 0 fully saturated rings. The SMILES string of the molecule is CCNc1oc(-c2ccccc2)nc1S(=O)(=O)c1ccccc1. The van der Waals surface area contributed by atoms with Gasteiger partial charge in [0, 0.05) is 12.1 Å². The lowest BCUT2D eigenvalue weighted by Crippen LogP contribution is -2.06. The topological polar surface area (TPSA) is 72.2 Å². The molecule has 0 amide bonds. The first-order valence-electron chi connectivity index (χ1n) is 7.23. The van der Waals surface area contributed by atoms with Crippen molar-refractivity contribution >= 4 is 15.7 Å². The van der Waals surface area contributed by atoms with Crippen molar-refractivity contribution in [2.75, 3.05) is 11.9 Å². The lowest BCUT2D eigenvalue weighted by atomic mass is 10.2. The van der Waals surface area contributed by atoms with Crippen LogP contribution in [0.3, 0.4) is 0 Å². The second-order valence-corrected chi connectivity index (χ2v) is 6.73. The summed E-state index contributed by atoms with van der Waals surface area (Å²) in [4.78, 5) is 4.42. The number of anilines is 1. The van der Waals surface area contributed by atoms with Gasteiger partial charge >= 0.3 is 0 Å². The average Bonchev–Trinajstić information content (AvgIpc) is 3.02. The molecule has 0 radical (unpaired) electrons. The third-order valence-corrected chi connectivity index (χ3v) is 4.94. The lowest BCUT2D eigenvalue weighted by Gasteiger charge is -2.03. The Balaban J connectivity index is 2.13. The molecule has 1 heterocycles. The van der Waals surface area contributed by atoms with Crippen molar-refractivity contribution in [1.82, 2.24) is 4.98 Å². The van der Waals surface area contributed by atoms with Crippen LogP contribution in [0.5, 0.6) is 0 Å². The molecule has 0 aliphatic carbocycles. The minimum Gasteiger partial charge on any atom is -0.419 e. The molecule has 0 atom stereocenters. The van der Waals surface area contributed by atoms with Gasteiger partial charge in [-0.1, -0.05) is 36.4 Å². The van der Waals surface area contributed by atoms with Crippen molar-refractivity contribution in [3.05, 3.63) is 60.7 Å². The normalized spacial score (nSPS) is 11.3. The van der Waals surface area contributed by atoms with Gasteiger partial charge in [-0.2, -0.15) is 4.98 Å². The molecule has 0 unspecified atom stereocenters. The maximum atomic E-state index is 12.8. The zero-order valence-electron chi connectivity index (χ0n) is 12.6. The predicted molar refractivity (Wildman–Crippen MR) is 88.0 cm³/mol. The molecule has 5 nitrogen and oxygen atoms in total. The maximum absolute atomic E-state index is 12.8. The van der Waals surface area contributed by atoms with Gasteiger partial charge in [-0.25, -0.2) is 8.42 Å². The standard InChI is InChI=1S/C17H16N2O3S/c1-2-18-16-17(23(20,21)14-11-7-4-8-12-14)19-15(22-16)13-9-5-3-6-10-13/h3-12,18H,2H2,1H3. The summed E-state index contributed by atoms with van der Waals surface area (Å²) in [7, 11) is -3.75. The molecule has 0 saturated heterocycles. The number of nitrogens with zero attached hydrogens (tertiary/aromatic N) is 1. The number of hydrogen-bond donors (Lipinski definition) is 1. The summed E-state index contributed by atoms with van der Waals surface area (Å²) in [6.45, 7) is 2.39. The van der Waals surface area contributed by atoms with Gasteiger partial charge in [0.15, 0.2) is 0 Å². The Hall–Kier alpha value is -2.60. The smallest absolute Gasteiger partial charge is 0.233 e. The van der Waals surface area contributed by atoms with Gasteiger partial charge in [0.1, 0.15) is 0 Å². The van der Waals surface area contributed by atoms with E-state index in [9.17, 15) is 8.42 Å². The molecule has 0 saturated carbocycles. The molecule has 3 rings (SSSR count). The largest absolute Gasteiger partial charge is 0.419 e. The monoisotopic (exact) mass is 328 g/mol. The van der Waals surface area contributed by atoms with Gasteiger partial charge in [0.25, 0.3) is 0 Å². The van der Waals surface area contributed by atoms with Gasteiger partial charge in [-0.05, 0) is 31.2 Å². The molecule has 1 N–H and O–H groups in total. The van der Waals surface area contributed by atoms with E-state index in [1.54, 1.807) is 30.3 Å². The van der Waals surface area contributed by atoms with E-state index in [2.05, 4.69) is 10.3 Å². The van der Waals surface area contributed by atoms with E-state index >= 15 is 0 Å². The first kappa shape index (κ1) is 15.3. The second kappa shape index (κ2) is 6.26. The van der Waals surface area contributed by atoms with E-state index in [-0.39, 0.29) is 21.7 Å². The van der Waals surface area contributed by atoms with E-state index in [0.29, 0.717) is 6.54 Å². The van der Waals surface area contributed by atoms with E-state index < -0.39 is 9.84 Å². The van der Waals surface area contributed by atoms with Crippen molar-refractivity contribution in [1.29, 1.82) is 0 Å². The van der Waals surface area contributed by atoms with Crippen LogP contribution in [-0.2, 0) is 9.84 Å². The molecule has 0 aliphatic rings. The fourth-order valence-electron chi connectivity index (χ4n) is 2.18. The van der Waals surface area contributed by atoms with Gasteiger partial charge in [-0.15, -0.1) is 0 Å². The molecule has 6 heteroatoms. The van der Waals surface area contributed by atoms with E-state index in [1.807, 2.05) is 37.3 Å². The molecule has 118 valence electrons. The highest BCUT2D eigenvalue weighted by atomic mass is 32.2. The van der Waals surface area contributed by atoms with Crippen LogP contribution in [0.15, 0.2) is 75.0 Å². The van der Waals surface area contributed by atoms with Gasteiger partial charge < -0.3 is 9.73 Å². The number of benzene rings is 2. The average molecular weight is 328 g/mol. The summed E-state index contributed by atoms with van der Waals surface area (Å²) in [6.07, 6.45) is 0. The lowest BCUT2D eigenvalue weighted by molar-refractivity contribution is 0.578. The second-order valence-electron chi connectivity index (χ2n) is 4.87. The van der Waals surface area contributed by atoms with Crippen molar-refractivity contribution in [2.24, 2.45) is 0 Å². The van der Waals surface area contributed by atoms with Crippen molar-refractivity contribution in [3.8, 4) is 11.5 Å². The summed E-state index contributed by atoms with van der Waals surface area (Å²) < 4.78 is 31.3. The third kappa shape index (κ3) is 2.98. The summed E-state index contributed by atoms with van der Waals surface area (Å²) in [5, 5.41) is 2.84. The van der Waals surface area contributed by atoms with Crippen LogP contribution in [0.1, 0.15) is 6.92 Å². The quantitative estimate of drug-likeness (QED) is 0.774. The van der Waals surface area contributed by atoms with Gasteiger partial charge in [0.2, 0.25) is 26.6 Å². The Bertz CT molecular complexity index is 888. The minimum atomic E-state index is -3.75. The molecule has 3 aromatic rings. The van der Waals surface area contributed by atoms with Crippen LogP contribution in [0.4, 0.5) is 5.88 Å². The summed E-state index contributed by atoms with van der Waals surface area (Å²) in [5.41, 5.74) is 0.723. The van der Waals surface area contributed by atoms with Gasteiger partial charge in [-0.3, -0.25) is 0 Å². The Kier molecular flexibility index (Phi) is 4.16. The molecule has 23 heavy (non-hydrogen) atoms. The Labute approximate surface area is 134 Å². The first-order chi connectivity index (χ1) is 11.1. The van der Waals surface area contributed by atoms with Crippen LogP contribution in [-0.4, -0.2) is 19.9 Å². The number of sulfone groups is 1. The van der Waals surface area contributed by atoms with Gasteiger partial charge in [0.05, 0.1) is 4.90 Å². The molecular formula is C17H16N2O3S. The number of rotatable bonds is 5. The highest BCUT2D eigenvalue weighted by Gasteiger charge is 2.28. The van der Waals surface area contributed by atoms with Crippen molar-refractivity contribution < 1.29 is 12.8 Å². The van der Waals surface area contributed by atoms with Crippen LogP contribution in [0.2, 0.25) is 0 Å². The Morgan fingerprint density at radius 3 is 2.22 bits per heavy atom. The first-order valence-corrected chi connectivity index (χ1v) is 8.71. The fourth-order valence-corrected chi connectivity index (χ4v) is 3.48. The van der Waals surface area contributed by atoms with Crippen molar-refractivity contribution in [3.63, 3.8) is 0 Å². The Morgan fingerprint density at radius 2 is 1.61 bits per heavy atom. The molecular weight excluding hydrogens is 312 g/mol. The summed E-state index contributed by atoms with van der Waals surface area (Å²) in [5.74, 6) is 0.436. The van der Waals surface area contributed by atoms with Crippen LogP contribution >= 0.6 is 0 Å². The maximum Gasteiger partial charge on any atom is 0.233 e. The minimum absolute atomic E-state index is 0.0931. The number of aromatic nitrogens is 1. The summed E-state index contributed by atoms with van der Waals surface area (Å²) >= 11 is 0. The van der Waals surface area contributed by atoms with Crippen LogP contribution in [0.25, 0.3) is 11.5 Å². The highest BCUT2D eigenvalue weighted by Crippen LogP contribution is 2.32. The molecule has 1 aromatic heterocycles. The molecule has 0 bridgehead atoms. The van der Waals surface area contributed by atoms with Crippen LogP contribution in [0, 0.1) is 0 Å². The van der Waals surface area contributed by atoms with E-state index in [4.69, 9.17) is 4.42 Å². The third-order valence-electron chi connectivity index (χ3n) is 3.26. The van der Waals surface area contributed by atoms with Crippen LogP contribution < -0.4 is 5.32 Å². The molecule has 0 aliphatic heterocycles. The zero-order chi connectivity index (χ0) is 16.3. The highest BCUT2D eigenvalue weighted by molar-refractivity contribution is 7.91. The zero-order valence-corrected chi connectivity index (χ0v) is 13.4. The number of hydrogen-bond acceptors (Lipinski definition) is 5. The summed E-state index contributed by atoms with van der Waals surface area (Å²) in [6, 6.07) is 17.4. The molecule has 0 spiro atoms. The predicted octanol–water partition coefficient (Wildman–Crippen LogP) is 3.61. The number of nitrogens with one attached hydrogen (secondary N) is 1. The van der Waals surface area contributed by atoms with Crippen molar-refractivity contribution in [2.45, 2.75) is 16.8 Å². The van der Waals surface area contributed by atoms with E-state index in [0.717, 1.165) is 5.56 Å². The Morgan fingerprint density at radius 1 is 1.00 bits per heavy atom. The van der Waals surface area contributed by atoms with E-state index in [1.165, 1.54) is 0 Å². The molecule has 2 aromatic carbocycles. The number of oxazole rings is 1. The fraction of sp³-hybridized carbons (Fsp3) is 0.118.